The maximum Gasteiger partial charge on any atom is 0.222 e. The molecule has 0 saturated carbocycles. The standard InChI is InChI=1S/C18H27ClN2O2/c1-4-21-10-9-16(13(2)12-21)20(3)18(23)8-6-14-5-7-17(22)15(19)11-14/h5,7,11,13,16,22H,4,6,8-10,12H2,1-3H3/t13-,16-/m1/s1. The molecule has 0 spiro atoms. The van der Waals surface area contributed by atoms with Crippen molar-refractivity contribution >= 4 is 17.5 Å². The average molecular weight is 339 g/mol. The molecule has 0 bridgehead atoms. The SMILES string of the molecule is CCN1CC[C@@H](N(C)C(=O)CCc2ccc(O)c(Cl)c2)[C@H](C)C1. The zero-order valence-corrected chi connectivity index (χ0v) is 15.0. The molecule has 1 aliphatic rings. The highest BCUT2D eigenvalue weighted by Gasteiger charge is 2.30. The molecular weight excluding hydrogens is 312 g/mol. The van der Waals surface area contributed by atoms with Gasteiger partial charge in [-0.05, 0) is 43.0 Å². The van der Waals surface area contributed by atoms with Crippen LogP contribution >= 0.6 is 11.6 Å². The molecule has 0 unspecified atom stereocenters. The van der Waals surface area contributed by atoms with Gasteiger partial charge in [0, 0.05) is 32.6 Å². The van der Waals surface area contributed by atoms with Crippen molar-refractivity contribution in [3.8, 4) is 5.75 Å². The first-order valence-electron chi connectivity index (χ1n) is 8.37. The summed E-state index contributed by atoms with van der Waals surface area (Å²) in [4.78, 5) is 16.9. The summed E-state index contributed by atoms with van der Waals surface area (Å²) in [7, 11) is 1.93. The number of carbonyl (C=O) groups excluding carboxylic acids is 1. The van der Waals surface area contributed by atoms with Crippen LogP contribution in [0.25, 0.3) is 0 Å². The van der Waals surface area contributed by atoms with Crippen LogP contribution in [0.15, 0.2) is 18.2 Å². The lowest BCUT2D eigenvalue weighted by Crippen LogP contribution is -2.50. The lowest BCUT2D eigenvalue weighted by Gasteiger charge is -2.41. The van der Waals surface area contributed by atoms with E-state index in [2.05, 4.69) is 18.7 Å². The van der Waals surface area contributed by atoms with E-state index >= 15 is 0 Å². The van der Waals surface area contributed by atoms with Gasteiger partial charge in [-0.15, -0.1) is 0 Å². The van der Waals surface area contributed by atoms with Gasteiger partial charge < -0.3 is 14.9 Å². The first-order chi connectivity index (χ1) is 10.9. The molecule has 1 aromatic rings. The number of phenolic OH excluding ortho intramolecular Hbond substituents is 1. The number of aromatic hydroxyl groups is 1. The lowest BCUT2D eigenvalue weighted by atomic mass is 9.92. The lowest BCUT2D eigenvalue weighted by molar-refractivity contribution is -0.134. The van der Waals surface area contributed by atoms with Crippen LogP contribution in [0.1, 0.15) is 32.3 Å². The van der Waals surface area contributed by atoms with Crippen molar-refractivity contribution < 1.29 is 9.90 Å². The summed E-state index contributed by atoms with van der Waals surface area (Å²) in [5.41, 5.74) is 0.975. The number of benzene rings is 1. The fourth-order valence-corrected chi connectivity index (χ4v) is 3.60. The molecule has 128 valence electrons. The second-order valence-corrected chi connectivity index (χ2v) is 6.92. The maximum absolute atomic E-state index is 12.5. The number of likely N-dealkylation sites (tertiary alicyclic amines) is 1. The molecule has 0 aromatic heterocycles. The van der Waals surface area contributed by atoms with Gasteiger partial charge in [-0.2, -0.15) is 0 Å². The van der Waals surface area contributed by atoms with Crippen molar-refractivity contribution in [1.82, 2.24) is 9.80 Å². The van der Waals surface area contributed by atoms with Gasteiger partial charge in [0.15, 0.2) is 0 Å². The van der Waals surface area contributed by atoms with Gasteiger partial charge in [0.2, 0.25) is 5.91 Å². The van der Waals surface area contributed by atoms with E-state index < -0.39 is 0 Å². The maximum atomic E-state index is 12.5. The minimum Gasteiger partial charge on any atom is -0.506 e. The quantitative estimate of drug-likeness (QED) is 0.896. The fraction of sp³-hybridized carbons (Fsp3) is 0.611. The van der Waals surface area contributed by atoms with Gasteiger partial charge in [0.25, 0.3) is 0 Å². The molecule has 0 radical (unpaired) electrons. The Labute approximate surface area is 144 Å². The highest BCUT2D eigenvalue weighted by Crippen LogP contribution is 2.25. The molecular formula is C18H27ClN2O2. The average Bonchev–Trinajstić information content (AvgIpc) is 2.54. The van der Waals surface area contributed by atoms with Gasteiger partial charge in [0.05, 0.1) is 5.02 Å². The molecule has 5 heteroatoms. The monoisotopic (exact) mass is 338 g/mol. The summed E-state index contributed by atoms with van der Waals surface area (Å²) in [6, 6.07) is 5.45. The highest BCUT2D eigenvalue weighted by molar-refractivity contribution is 6.32. The van der Waals surface area contributed by atoms with Crippen LogP contribution in [0.4, 0.5) is 0 Å². The van der Waals surface area contributed by atoms with Crippen LogP contribution in [0, 0.1) is 5.92 Å². The van der Waals surface area contributed by atoms with E-state index in [9.17, 15) is 9.90 Å². The number of rotatable bonds is 5. The number of piperidine rings is 1. The van der Waals surface area contributed by atoms with Crippen molar-refractivity contribution in [2.75, 3.05) is 26.7 Å². The summed E-state index contributed by atoms with van der Waals surface area (Å²) >= 11 is 5.91. The smallest absolute Gasteiger partial charge is 0.222 e. The molecule has 1 heterocycles. The van der Waals surface area contributed by atoms with E-state index in [4.69, 9.17) is 11.6 Å². The Kier molecular flexibility index (Phi) is 6.31. The summed E-state index contributed by atoms with van der Waals surface area (Å²) < 4.78 is 0. The Morgan fingerprint density at radius 3 is 2.83 bits per heavy atom. The number of phenols is 1. The van der Waals surface area contributed by atoms with Crippen LogP contribution in [-0.4, -0.2) is 53.5 Å². The summed E-state index contributed by atoms with van der Waals surface area (Å²) in [6.07, 6.45) is 2.16. The normalized spacial score (nSPS) is 22.1. The predicted octanol–water partition coefficient (Wildman–Crippen LogP) is 3.17. The van der Waals surface area contributed by atoms with E-state index in [1.165, 1.54) is 0 Å². The van der Waals surface area contributed by atoms with Gasteiger partial charge in [-0.1, -0.05) is 31.5 Å². The topological polar surface area (TPSA) is 43.8 Å². The third-order valence-electron chi connectivity index (χ3n) is 4.92. The van der Waals surface area contributed by atoms with Gasteiger partial charge in [-0.3, -0.25) is 4.79 Å². The van der Waals surface area contributed by atoms with Crippen molar-refractivity contribution in [3.05, 3.63) is 28.8 Å². The first kappa shape index (κ1) is 18.1. The molecule has 1 aliphatic heterocycles. The second kappa shape index (κ2) is 8.02. The Morgan fingerprint density at radius 2 is 2.22 bits per heavy atom. The first-order valence-corrected chi connectivity index (χ1v) is 8.75. The van der Waals surface area contributed by atoms with Crippen LogP contribution in [0.2, 0.25) is 5.02 Å². The fourth-order valence-electron chi connectivity index (χ4n) is 3.40. The van der Waals surface area contributed by atoms with Gasteiger partial charge in [-0.25, -0.2) is 0 Å². The Bertz CT molecular complexity index is 550. The van der Waals surface area contributed by atoms with Crippen molar-refractivity contribution in [2.45, 2.75) is 39.2 Å². The minimum absolute atomic E-state index is 0.0790. The Morgan fingerprint density at radius 1 is 1.48 bits per heavy atom. The largest absolute Gasteiger partial charge is 0.506 e. The third kappa shape index (κ3) is 4.61. The molecule has 0 aliphatic carbocycles. The third-order valence-corrected chi connectivity index (χ3v) is 5.22. The molecule has 1 fully saturated rings. The van der Waals surface area contributed by atoms with E-state index in [1.807, 2.05) is 18.0 Å². The Balaban J connectivity index is 1.88. The molecule has 1 aromatic carbocycles. The van der Waals surface area contributed by atoms with Crippen LogP contribution in [-0.2, 0) is 11.2 Å². The molecule has 23 heavy (non-hydrogen) atoms. The van der Waals surface area contributed by atoms with Crippen molar-refractivity contribution in [3.63, 3.8) is 0 Å². The predicted molar refractivity (Wildman–Crippen MR) is 93.9 cm³/mol. The molecule has 2 atom stereocenters. The summed E-state index contributed by atoms with van der Waals surface area (Å²) in [5.74, 6) is 0.757. The van der Waals surface area contributed by atoms with Crippen LogP contribution in [0.3, 0.4) is 0 Å². The van der Waals surface area contributed by atoms with Crippen molar-refractivity contribution in [1.29, 1.82) is 0 Å². The number of aryl methyl sites for hydroxylation is 1. The molecule has 1 saturated heterocycles. The molecule has 1 N–H and O–H groups in total. The molecule has 1 amide bonds. The number of halogens is 1. The van der Waals surface area contributed by atoms with Gasteiger partial charge >= 0.3 is 0 Å². The molecule has 2 rings (SSSR count). The van der Waals surface area contributed by atoms with Crippen LogP contribution < -0.4 is 0 Å². The second-order valence-electron chi connectivity index (χ2n) is 6.52. The number of amides is 1. The minimum atomic E-state index is 0.0790. The van der Waals surface area contributed by atoms with E-state index in [1.54, 1.807) is 12.1 Å². The number of nitrogens with zero attached hydrogens (tertiary/aromatic N) is 2. The molecule has 4 nitrogen and oxygen atoms in total. The number of hydrogen-bond donors (Lipinski definition) is 1. The van der Waals surface area contributed by atoms with Crippen LogP contribution in [0.5, 0.6) is 5.75 Å². The van der Waals surface area contributed by atoms with E-state index in [-0.39, 0.29) is 11.7 Å². The van der Waals surface area contributed by atoms with E-state index in [0.29, 0.717) is 29.8 Å². The summed E-state index contributed by atoms with van der Waals surface area (Å²) in [6.45, 7) is 7.63. The number of carbonyl (C=O) groups is 1. The Hall–Kier alpha value is -1.26. The number of hydrogen-bond acceptors (Lipinski definition) is 3. The summed E-state index contributed by atoms with van der Waals surface area (Å²) in [5, 5.41) is 9.78. The highest BCUT2D eigenvalue weighted by atomic mass is 35.5. The van der Waals surface area contributed by atoms with E-state index in [0.717, 1.165) is 31.6 Å². The van der Waals surface area contributed by atoms with Gasteiger partial charge in [0.1, 0.15) is 5.75 Å². The zero-order valence-electron chi connectivity index (χ0n) is 14.3. The zero-order chi connectivity index (χ0) is 17.0. The van der Waals surface area contributed by atoms with Crippen molar-refractivity contribution in [2.24, 2.45) is 5.92 Å².